The number of rotatable bonds is 10. The Morgan fingerprint density at radius 3 is 2.33 bits per heavy atom. The summed E-state index contributed by atoms with van der Waals surface area (Å²) in [6, 6.07) is 19.7. The van der Waals surface area contributed by atoms with Crippen molar-refractivity contribution in [3.05, 3.63) is 94.8 Å². The van der Waals surface area contributed by atoms with Crippen molar-refractivity contribution in [2.45, 2.75) is 31.6 Å². The van der Waals surface area contributed by atoms with Crippen LogP contribution in [-0.2, 0) is 22.4 Å². The number of aliphatic imine (C=N–C) groups is 1. The maximum atomic E-state index is 13.8. The van der Waals surface area contributed by atoms with Gasteiger partial charge in [0.1, 0.15) is 11.7 Å². The summed E-state index contributed by atoms with van der Waals surface area (Å²) in [5, 5.41) is 11.7. The highest BCUT2D eigenvalue weighted by Gasteiger charge is 2.35. The number of fused-ring (bicyclic) bond motifs is 1. The lowest BCUT2D eigenvalue weighted by Crippen LogP contribution is -2.22. The molecule has 4 rings (SSSR count). The van der Waals surface area contributed by atoms with Gasteiger partial charge in [-0.3, -0.25) is 14.6 Å². The Morgan fingerprint density at radius 1 is 1.00 bits per heavy atom. The molecule has 0 saturated carbocycles. The molecule has 0 aliphatic carbocycles. The number of carbonyl (C=O) groups is 2. The van der Waals surface area contributed by atoms with Gasteiger partial charge in [0, 0.05) is 12.1 Å². The zero-order chi connectivity index (χ0) is 25.7. The quantitative estimate of drug-likeness (QED) is 0.386. The molecule has 0 aromatic heterocycles. The number of carbonyl (C=O) groups excluding carboxylic acids is 1. The minimum Gasteiger partial charge on any atom is -0.481 e. The zero-order valence-corrected chi connectivity index (χ0v) is 20.5. The predicted octanol–water partition coefficient (Wildman–Crippen LogP) is 5.19. The number of benzene rings is 3. The zero-order valence-electron chi connectivity index (χ0n) is 20.5. The van der Waals surface area contributed by atoms with E-state index in [1.807, 2.05) is 36.4 Å². The van der Waals surface area contributed by atoms with Crippen molar-refractivity contribution >= 4 is 29.0 Å². The summed E-state index contributed by atoms with van der Waals surface area (Å²) in [6.45, 7) is 1.02. The lowest BCUT2D eigenvalue weighted by molar-refractivity contribution is -0.137. The second kappa shape index (κ2) is 11.3. The van der Waals surface area contributed by atoms with E-state index in [0.717, 1.165) is 36.2 Å². The lowest BCUT2D eigenvalue weighted by Gasteiger charge is -2.15. The summed E-state index contributed by atoms with van der Waals surface area (Å²) in [5.74, 6) is -2.21. The van der Waals surface area contributed by atoms with Crippen LogP contribution in [0.1, 0.15) is 41.0 Å². The van der Waals surface area contributed by atoms with Crippen molar-refractivity contribution in [1.29, 1.82) is 0 Å². The molecule has 0 radical (unpaired) electrons. The molecule has 1 heterocycles. The van der Waals surface area contributed by atoms with Crippen LogP contribution in [0.4, 0.5) is 15.8 Å². The summed E-state index contributed by atoms with van der Waals surface area (Å²) in [5.41, 5.74) is 5.27. The number of amides is 1. The lowest BCUT2D eigenvalue weighted by atomic mass is 9.90. The fourth-order valence-electron chi connectivity index (χ4n) is 4.37. The van der Waals surface area contributed by atoms with Gasteiger partial charge < -0.3 is 15.3 Å². The Labute approximate surface area is 210 Å². The molecule has 0 fully saturated rings. The van der Waals surface area contributed by atoms with Crippen LogP contribution in [0.2, 0.25) is 0 Å². The predicted molar refractivity (Wildman–Crippen MR) is 140 cm³/mol. The molecule has 0 saturated heterocycles. The Hall–Kier alpha value is -3.84. The van der Waals surface area contributed by atoms with E-state index in [0.29, 0.717) is 23.4 Å². The molecule has 6 nitrogen and oxygen atoms in total. The molecular weight excluding hydrogens is 457 g/mol. The minimum absolute atomic E-state index is 0.0468. The SMILES string of the molecule is CN(C)CCCc1ccc(N=C(c2ccc(CCC(=O)O)cc2)C2C(=O)Nc3cc(F)ccc32)cc1. The number of aryl methyl sites for hydroxylation is 2. The van der Waals surface area contributed by atoms with Crippen LogP contribution in [0.25, 0.3) is 0 Å². The highest BCUT2D eigenvalue weighted by Crippen LogP contribution is 2.36. The second-order valence-corrected chi connectivity index (χ2v) is 9.31. The van der Waals surface area contributed by atoms with E-state index < -0.39 is 17.7 Å². The first-order valence-corrected chi connectivity index (χ1v) is 12.0. The molecule has 1 unspecified atom stereocenters. The number of nitrogens with one attached hydrogen (secondary N) is 1. The van der Waals surface area contributed by atoms with Crippen LogP contribution in [0.3, 0.4) is 0 Å². The van der Waals surface area contributed by atoms with E-state index in [1.165, 1.54) is 17.7 Å². The standard InChI is InChI=1S/C29H30FN3O3/c1-33(2)17-3-4-19-7-13-23(14-8-19)31-28(21-10-5-20(6-11-21)9-16-26(34)35)27-24-15-12-22(30)18-25(24)32-29(27)36/h5-8,10-15,18,27H,3-4,9,16-17H2,1-2H3,(H,32,36)(H,34,35). The van der Waals surface area contributed by atoms with Gasteiger partial charge in [-0.05, 0) is 86.4 Å². The van der Waals surface area contributed by atoms with E-state index in [2.05, 4.69) is 36.4 Å². The Morgan fingerprint density at radius 2 is 1.67 bits per heavy atom. The Balaban J connectivity index is 1.67. The van der Waals surface area contributed by atoms with E-state index in [4.69, 9.17) is 10.1 Å². The monoisotopic (exact) mass is 487 g/mol. The Bertz CT molecular complexity index is 1270. The molecular formula is C29H30FN3O3. The maximum Gasteiger partial charge on any atom is 0.303 e. The number of nitrogens with zero attached hydrogens (tertiary/aromatic N) is 2. The topological polar surface area (TPSA) is 82.0 Å². The molecule has 0 bridgehead atoms. The first-order valence-electron chi connectivity index (χ1n) is 12.0. The van der Waals surface area contributed by atoms with Crippen LogP contribution >= 0.6 is 0 Å². The molecule has 2 N–H and O–H groups in total. The van der Waals surface area contributed by atoms with Crippen LogP contribution < -0.4 is 5.32 Å². The number of halogens is 1. The number of carboxylic acids is 1. The first-order chi connectivity index (χ1) is 17.3. The van der Waals surface area contributed by atoms with E-state index in [-0.39, 0.29) is 12.3 Å². The average molecular weight is 488 g/mol. The van der Waals surface area contributed by atoms with E-state index in [9.17, 15) is 14.0 Å². The second-order valence-electron chi connectivity index (χ2n) is 9.31. The highest BCUT2D eigenvalue weighted by molar-refractivity contribution is 6.24. The van der Waals surface area contributed by atoms with Crippen LogP contribution in [-0.4, -0.2) is 48.2 Å². The molecule has 7 heteroatoms. The van der Waals surface area contributed by atoms with Crippen LogP contribution in [0.5, 0.6) is 0 Å². The van der Waals surface area contributed by atoms with Crippen molar-refractivity contribution in [2.24, 2.45) is 4.99 Å². The van der Waals surface area contributed by atoms with Crippen molar-refractivity contribution < 1.29 is 19.1 Å². The van der Waals surface area contributed by atoms with Gasteiger partial charge in [0.25, 0.3) is 0 Å². The minimum atomic E-state index is -0.849. The maximum absolute atomic E-state index is 13.8. The van der Waals surface area contributed by atoms with E-state index in [1.54, 1.807) is 6.07 Å². The van der Waals surface area contributed by atoms with Crippen molar-refractivity contribution in [3.63, 3.8) is 0 Å². The van der Waals surface area contributed by atoms with Crippen LogP contribution in [0, 0.1) is 5.82 Å². The number of hydrogen-bond donors (Lipinski definition) is 2. The summed E-state index contributed by atoms with van der Waals surface area (Å²) in [7, 11) is 4.12. The van der Waals surface area contributed by atoms with Gasteiger partial charge in [-0.2, -0.15) is 0 Å². The fraction of sp³-hybridized carbons (Fsp3) is 0.276. The number of aliphatic carboxylic acids is 1. The number of carboxylic acid groups (broad SMARTS) is 1. The molecule has 1 aliphatic rings. The smallest absolute Gasteiger partial charge is 0.303 e. The first kappa shape index (κ1) is 25.3. The van der Waals surface area contributed by atoms with Crippen molar-refractivity contribution in [1.82, 2.24) is 4.90 Å². The fourth-order valence-corrected chi connectivity index (χ4v) is 4.37. The van der Waals surface area contributed by atoms with Gasteiger partial charge in [-0.25, -0.2) is 4.39 Å². The third-order valence-corrected chi connectivity index (χ3v) is 6.25. The largest absolute Gasteiger partial charge is 0.481 e. The highest BCUT2D eigenvalue weighted by atomic mass is 19.1. The molecule has 1 amide bonds. The van der Waals surface area contributed by atoms with E-state index >= 15 is 0 Å². The molecule has 3 aromatic carbocycles. The Kier molecular flexibility index (Phi) is 7.90. The third-order valence-electron chi connectivity index (χ3n) is 6.25. The molecule has 3 aromatic rings. The molecule has 1 aliphatic heterocycles. The average Bonchev–Trinajstić information content (AvgIpc) is 3.16. The van der Waals surface area contributed by atoms with Crippen molar-refractivity contribution in [2.75, 3.05) is 26.0 Å². The normalized spacial score (nSPS) is 15.2. The van der Waals surface area contributed by atoms with Crippen LogP contribution in [0.15, 0.2) is 71.7 Å². The molecule has 1 atom stereocenters. The summed E-state index contributed by atoms with van der Waals surface area (Å²) < 4.78 is 13.8. The molecule has 36 heavy (non-hydrogen) atoms. The van der Waals surface area contributed by atoms with Gasteiger partial charge >= 0.3 is 5.97 Å². The third kappa shape index (κ3) is 6.23. The number of hydrogen-bond acceptors (Lipinski definition) is 4. The van der Waals surface area contributed by atoms with Gasteiger partial charge in [0.05, 0.1) is 11.4 Å². The van der Waals surface area contributed by atoms with Gasteiger partial charge in [0.2, 0.25) is 5.91 Å². The van der Waals surface area contributed by atoms with Gasteiger partial charge in [-0.1, -0.05) is 42.5 Å². The molecule has 0 spiro atoms. The molecule has 186 valence electrons. The van der Waals surface area contributed by atoms with Gasteiger partial charge in [0.15, 0.2) is 0 Å². The number of anilines is 1. The van der Waals surface area contributed by atoms with Gasteiger partial charge in [-0.15, -0.1) is 0 Å². The van der Waals surface area contributed by atoms with Crippen molar-refractivity contribution in [3.8, 4) is 0 Å². The summed E-state index contributed by atoms with van der Waals surface area (Å²) in [6.07, 6.45) is 2.50. The summed E-state index contributed by atoms with van der Waals surface area (Å²) in [4.78, 5) is 31.0. The summed E-state index contributed by atoms with van der Waals surface area (Å²) >= 11 is 0.